The molecule has 0 saturated heterocycles. The van der Waals surface area contributed by atoms with E-state index in [0.717, 1.165) is 11.1 Å². The van der Waals surface area contributed by atoms with Crippen LogP contribution < -0.4 is 5.32 Å². The number of likely N-dealkylation sites (N-methyl/N-ethyl adjacent to an activating group) is 1. The first kappa shape index (κ1) is 11.8. The second kappa shape index (κ2) is 3.99. The fourth-order valence-corrected chi connectivity index (χ4v) is 1.96. The normalized spacial score (nSPS) is 14.2. The van der Waals surface area contributed by atoms with Crippen molar-refractivity contribution in [3.8, 4) is 0 Å². The van der Waals surface area contributed by atoms with Crippen LogP contribution in [0, 0.1) is 0 Å². The number of carbonyl (C=O) groups excluding carboxylic acids is 1. The molecule has 0 unspecified atom stereocenters. The summed E-state index contributed by atoms with van der Waals surface area (Å²) in [5.41, 5.74) is 4.00. The van der Waals surface area contributed by atoms with Gasteiger partial charge in [-0.15, -0.1) is 0 Å². The van der Waals surface area contributed by atoms with E-state index in [1.54, 1.807) is 7.05 Å². The molecule has 90 valence electrons. The third-order valence-electron chi connectivity index (χ3n) is 3.08. The van der Waals surface area contributed by atoms with Gasteiger partial charge >= 0.3 is 0 Å². The lowest BCUT2D eigenvalue weighted by atomic mass is 9.85. The number of fused-ring (bicyclic) bond motifs is 1. The third kappa shape index (κ3) is 2.09. The van der Waals surface area contributed by atoms with E-state index in [9.17, 15) is 4.79 Å². The molecule has 0 fully saturated rings. The standard InChI is InChI=1S/C14H18N2O/c1-14(2,3)10-6-5-9-8-16-12(11(9)7-10)13(17)15-4/h5-7H,8H2,1-4H3,(H,15,17). The fourth-order valence-electron chi connectivity index (χ4n) is 1.96. The summed E-state index contributed by atoms with van der Waals surface area (Å²) in [6, 6.07) is 6.30. The molecule has 0 bridgehead atoms. The van der Waals surface area contributed by atoms with Gasteiger partial charge in [-0.3, -0.25) is 9.79 Å². The van der Waals surface area contributed by atoms with Crippen LogP contribution in [0.4, 0.5) is 0 Å². The number of benzene rings is 1. The number of carbonyl (C=O) groups is 1. The largest absolute Gasteiger partial charge is 0.354 e. The number of hydrogen-bond acceptors (Lipinski definition) is 2. The van der Waals surface area contributed by atoms with Crippen molar-refractivity contribution in [1.29, 1.82) is 0 Å². The van der Waals surface area contributed by atoms with E-state index >= 15 is 0 Å². The van der Waals surface area contributed by atoms with Crippen molar-refractivity contribution >= 4 is 11.6 Å². The fraction of sp³-hybridized carbons (Fsp3) is 0.429. The second-order valence-corrected chi connectivity index (χ2v) is 5.37. The Morgan fingerprint density at radius 1 is 1.35 bits per heavy atom. The molecule has 0 spiro atoms. The quantitative estimate of drug-likeness (QED) is 0.788. The highest BCUT2D eigenvalue weighted by Gasteiger charge is 2.23. The smallest absolute Gasteiger partial charge is 0.269 e. The van der Waals surface area contributed by atoms with Gasteiger partial charge in [0.2, 0.25) is 0 Å². The first-order chi connectivity index (χ1) is 7.93. The molecule has 0 aromatic heterocycles. The van der Waals surface area contributed by atoms with Gasteiger partial charge in [-0.1, -0.05) is 32.9 Å². The van der Waals surface area contributed by atoms with Crippen molar-refractivity contribution in [3.05, 3.63) is 34.9 Å². The van der Waals surface area contributed by atoms with Crippen molar-refractivity contribution in [3.63, 3.8) is 0 Å². The van der Waals surface area contributed by atoms with E-state index in [0.29, 0.717) is 12.3 Å². The Bertz CT molecular complexity index is 495. The molecule has 1 heterocycles. The molecule has 1 aromatic rings. The highest BCUT2D eigenvalue weighted by molar-refractivity contribution is 6.46. The molecule has 1 aliphatic heterocycles. The number of rotatable bonds is 1. The van der Waals surface area contributed by atoms with Crippen molar-refractivity contribution in [2.24, 2.45) is 4.99 Å². The Kier molecular flexibility index (Phi) is 2.77. The van der Waals surface area contributed by atoms with Gasteiger partial charge in [0.15, 0.2) is 0 Å². The van der Waals surface area contributed by atoms with Gasteiger partial charge in [0.25, 0.3) is 5.91 Å². The Hall–Kier alpha value is -1.64. The lowest BCUT2D eigenvalue weighted by molar-refractivity contribution is -0.114. The zero-order chi connectivity index (χ0) is 12.6. The summed E-state index contributed by atoms with van der Waals surface area (Å²) in [5, 5.41) is 2.64. The Morgan fingerprint density at radius 2 is 2.06 bits per heavy atom. The number of aliphatic imine (C=N–C) groups is 1. The van der Waals surface area contributed by atoms with Crippen LogP contribution in [-0.4, -0.2) is 18.7 Å². The van der Waals surface area contributed by atoms with Gasteiger partial charge in [-0.2, -0.15) is 0 Å². The average Bonchev–Trinajstić information content (AvgIpc) is 2.69. The third-order valence-corrected chi connectivity index (χ3v) is 3.08. The van der Waals surface area contributed by atoms with Gasteiger partial charge in [-0.25, -0.2) is 0 Å². The second-order valence-electron chi connectivity index (χ2n) is 5.37. The summed E-state index contributed by atoms with van der Waals surface area (Å²) < 4.78 is 0. The van der Waals surface area contributed by atoms with Crippen molar-refractivity contribution in [2.45, 2.75) is 32.7 Å². The molecule has 2 rings (SSSR count). The first-order valence-corrected chi connectivity index (χ1v) is 5.84. The van der Waals surface area contributed by atoms with Crippen LogP contribution in [0.3, 0.4) is 0 Å². The monoisotopic (exact) mass is 230 g/mol. The molecular formula is C14H18N2O. The van der Waals surface area contributed by atoms with E-state index in [1.807, 2.05) is 0 Å². The summed E-state index contributed by atoms with van der Waals surface area (Å²) in [7, 11) is 1.64. The molecule has 3 nitrogen and oxygen atoms in total. The zero-order valence-electron chi connectivity index (χ0n) is 10.8. The summed E-state index contributed by atoms with van der Waals surface area (Å²) in [6.45, 7) is 7.11. The number of nitrogens with zero attached hydrogens (tertiary/aromatic N) is 1. The predicted octanol–water partition coefficient (Wildman–Crippen LogP) is 2.03. The van der Waals surface area contributed by atoms with E-state index in [1.165, 1.54) is 5.56 Å². The number of amides is 1. The molecule has 1 aromatic carbocycles. The van der Waals surface area contributed by atoms with E-state index in [4.69, 9.17) is 0 Å². The molecular weight excluding hydrogens is 212 g/mol. The van der Waals surface area contributed by atoms with Crippen LogP contribution in [0.25, 0.3) is 0 Å². The van der Waals surface area contributed by atoms with Gasteiger partial charge in [0.05, 0.1) is 6.54 Å². The predicted molar refractivity (Wildman–Crippen MR) is 69.4 cm³/mol. The summed E-state index contributed by atoms with van der Waals surface area (Å²) in [4.78, 5) is 16.0. The molecule has 0 aliphatic carbocycles. The molecule has 3 heteroatoms. The molecule has 1 aliphatic rings. The van der Waals surface area contributed by atoms with E-state index < -0.39 is 0 Å². The molecule has 0 radical (unpaired) electrons. The van der Waals surface area contributed by atoms with Crippen LogP contribution in [0.15, 0.2) is 23.2 Å². The van der Waals surface area contributed by atoms with E-state index in [-0.39, 0.29) is 11.3 Å². The average molecular weight is 230 g/mol. The minimum absolute atomic E-state index is 0.0887. The lowest BCUT2D eigenvalue weighted by Crippen LogP contribution is -2.27. The summed E-state index contributed by atoms with van der Waals surface area (Å²) in [6.07, 6.45) is 0. The summed E-state index contributed by atoms with van der Waals surface area (Å²) >= 11 is 0. The summed E-state index contributed by atoms with van der Waals surface area (Å²) in [5.74, 6) is -0.102. The van der Waals surface area contributed by atoms with Crippen molar-refractivity contribution < 1.29 is 4.79 Å². The minimum Gasteiger partial charge on any atom is -0.354 e. The van der Waals surface area contributed by atoms with Crippen LogP contribution in [0.1, 0.15) is 37.5 Å². The molecule has 1 N–H and O–H groups in total. The molecule has 0 atom stereocenters. The maximum atomic E-state index is 11.7. The lowest BCUT2D eigenvalue weighted by Gasteiger charge is -2.20. The van der Waals surface area contributed by atoms with E-state index in [2.05, 4.69) is 49.3 Å². The van der Waals surface area contributed by atoms with Crippen LogP contribution in [0.5, 0.6) is 0 Å². The maximum absolute atomic E-state index is 11.7. The van der Waals surface area contributed by atoms with Crippen molar-refractivity contribution in [1.82, 2.24) is 5.32 Å². The topological polar surface area (TPSA) is 41.5 Å². The highest BCUT2D eigenvalue weighted by Crippen LogP contribution is 2.27. The highest BCUT2D eigenvalue weighted by atomic mass is 16.1. The van der Waals surface area contributed by atoms with Crippen LogP contribution >= 0.6 is 0 Å². The van der Waals surface area contributed by atoms with Crippen molar-refractivity contribution in [2.75, 3.05) is 7.05 Å². The van der Waals surface area contributed by atoms with Crippen LogP contribution in [-0.2, 0) is 16.8 Å². The number of hydrogen-bond donors (Lipinski definition) is 1. The van der Waals surface area contributed by atoms with Gasteiger partial charge in [0, 0.05) is 12.6 Å². The maximum Gasteiger partial charge on any atom is 0.269 e. The molecule has 0 saturated carbocycles. The number of nitrogens with one attached hydrogen (secondary N) is 1. The molecule has 17 heavy (non-hydrogen) atoms. The SMILES string of the molecule is CNC(=O)C1=NCc2ccc(C(C)(C)C)cc21. The molecule has 1 amide bonds. The first-order valence-electron chi connectivity index (χ1n) is 5.84. The van der Waals surface area contributed by atoms with Gasteiger partial charge in [0.1, 0.15) is 5.71 Å². The van der Waals surface area contributed by atoms with Gasteiger partial charge in [-0.05, 0) is 22.6 Å². The Morgan fingerprint density at radius 3 is 2.65 bits per heavy atom. The zero-order valence-corrected chi connectivity index (χ0v) is 10.8. The van der Waals surface area contributed by atoms with Crippen LogP contribution in [0.2, 0.25) is 0 Å². The Labute approximate surface area is 102 Å². The minimum atomic E-state index is -0.102. The van der Waals surface area contributed by atoms with Gasteiger partial charge < -0.3 is 5.32 Å². The Balaban J connectivity index is 2.46.